The van der Waals surface area contributed by atoms with E-state index in [9.17, 15) is 4.79 Å². The second-order valence-electron chi connectivity index (χ2n) is 3.30. The molecule has 1 heterocycles. The molecule has 0 radical (unpaired) electrons. The van der Waals surface area contributed by atoms with Gasteiger partial charge in [-0.3, -0.25) is 4.68 Å². The summed E-state index contributed by atoms with van der Waals surface area (Å²) in [6.45, 7) is 5.95. The van der Waals surface area contributed by atoms with Gasteiger partial charge in [-0.1, -0.05) is 6.08 Å². The number of aromatic nitrogens is 2. The Morgan fingerprint density at radius 3 is 2.71 bits per heavy atom. The first-order valence-electron chi connectivity index (χ1n) is 4.42. The van der Waals surface area contributed by atoms with Crippen LogP contribution in [0.4, 0.5) is 0 Å². The van der Waals surface area contributed by atoms with Crippen LogP contribution in [-0.2, 0) is 11.3 Å². The van der Waals surface area contributed by atoms with Crippen LogP contribution in [-0.4, -0.2) is 20.9 Å². The Morgan fingerprint density at radius 1 is 1.64 bits per heavy atom. The first kappa shape index (κ1) is 10.5. The maximum absolute atomic E-state index is 10.5. The molecule has 0 aliphatic rings. The van der Waals surface area contributed by atoms with Crippen molar-refractivity contribution in [1.82, 2.24) is 9.78 Å². The van der Waals surface area contributed by atoms with Gasteiger partial charge in [-0.25, -0.2) is 4.79 Å². The largest absolute Gasteiger partial charge is 0.478 e. The molecule has 0 bridgehead atoms. The number of nitrogens with zero attached hydrogens (tertiary/aromatic N) is 2. The van der Waals surface area contributed by atoms with Crippen molar-refractivity contribution >= 4 is 5.97 Å². The lowest BCUT2D eigenvalue weighted by Crippen LogP contribution is -2.03. The fraction of sp³-hybridized carbons (Fsp3) is 0.400. The summed E-state index contributed by atoms with van der Waals surface area (Å²) in [7, 11) is 0. The molecular formula is C10H14N2O2. The van der Waals surface area contributed by atoms with Crippen LogP contribution in [0.1, 0.15) is 18.3 Å². The Hall–Kier alpha value is -1.58. The number of aryl methyl sites for hydroxylation is 2. The van der Waals surface area contributed by atoms with Gasteiger partial charge in [0.2, 0.25) is 0 Å². The summed E-state index contributed by atoms with van der Waals surface area (Å²) in [5.74, 6) is -0.883. The van der Waals surface area contributed by atoms with Gasteiger partial charge in [-0.2, -0.15) is 5.10 Å². The number of hydrogen-bond acceptors (Lipinski definition) is 2. The van der Waals surface area contributed by atoms with Gasteiger partial charge in [0.15, 0.2) is 0 Å². The third-order valence-corrected chi connectivity index (χ3v) is 2.01. The molecule has 0 spiro atoms. The number of carboxylic acid groups (broad SMARTS) is 1. The van der Waals surface area contributed by atoms with Crippen LogP contribution in [0.3, 0.4) is 0 Å². The fourth-order valence-electron chi connectivity index (χ4n) is 1.17. The highest BCUT2D eigenvalue weighted by molar-refractivity contribution is 5.85. The van der Waals surface area contributed by atoms with Crippen LogP contribution in [0.5, 0.6) is 0 Å². The number of rotatable bonds is 3. The summed E-state index contributed by atoms with van der Waals surface area (Å²) >= 11 is 0. The molecule has 0 aromatic carbocycles. The molecule has 4 heteroatoms. The summed E-state index contributed by atoms with van der Waals surface area (Å²) in [4.78, 5) is 10.5. The number of aliphatic carboxylic acids is 1. The van der Waals surface area contributed by atoms with Crippen LogP contribution < -0.4 is 0 Å². The summed E-state index contributed by atoms with van der Waals surface area (Å²) in [6.07, 6.45) is 1.65. The molecule has 0 aliphatic heterocycles. The quantitative estimate of drug-likeness (QED) is 0.742. The molecule has 0 aliphatic carbocycles. The van der Waals surface area contributed by atoms with E-state index in [-0.39, 0.29) is 0 Å². The molecule has 0 unspecified atom stereocenters. The predicted octanol–water partition coefficient (Wildman–Crippen LogP) is 1.53. The predicted molar refractivity (Wildman–Crippen MR) is 53.1 cm³/mol. The van der Waals surface area contributed by atoms with Gasteiger partial charge in [-0.15, -0.1) is 0 Å². The minimum Gasteiger partial charge on any atom is -0.478 e. The number of allylic oxidation sites excluding steroid dienone is 1. The van der Waals surface area contributed by atoms with Gasteiger partial charge in [0.1, 0.15) is 0 Å². The zero-order valence-corrected chi connectivity index (χ0v) is 8.61. The van der Waals surface area contributed by atoms with Crippen molar-refractivity contribution in [3.63, 3.8) is 0 Å². The van der Waals surface area contributed by atoms with Gasteiger partial charge in [0, 0.05) is 11.3 Å². The summed E-state index contributed by atoms with van der Waals surface area (Å²) in [5.41, 5.74) is 2.33. The van der Waals surface area contributed by atoms with Crippen molar-refractivity contribution in [3.8, 4) is 0 Å². The van der Waals surface area contributed by atoms with E-state index < -0.39 is 5.97 Å². The molecule has 0 saturated carbocycles. The molecular weight excluding hydrogens is 180 g/mol. The minimum atomic E-state index is -0.883. The normalized spacial score (nSPS) is 11.8. The molecule has 0 saturated heterocycles. The molecule has 1 N–H and O–H groups in total. The van der Waals surface area contributed by atoms with E-state index in [0.29, 0.717) is 12.1 Å². The van der Waals surface area contributed by atoms with E-state index >= 15 is 0 Å². The Balaban J connectivity index is 2.75. The van der Waals surface area contributed by atoms with Gasteiger partial charge in [0.05, 0.1) is 12.2 Å². The SMILES string of the molecule is CC(=CCn1nc(C)cc1C)C(=O)O. The molecule has 1 rings (SSSR count). The average Bonchev–Trinajstić information content (AvgIpc) is 2.40. The van der Waals surface area contributed by atoms with Crippen molar-refractivity contribution in [2.75, 3.05) is 0 Å². The second kappa shape index (κ2) is 4.09. The summed E-state index contributed by atoms with van der Waals surface area (Å²) < 4.78 is 1.78. The van der Waals surface area contributed by atoms with Crippen LogP contribution in [0.15, 0.2) is 17.7 Å². The average molecular weight is 194 g/mol. The van der Waals surface area contributed by atoms with E-state index in [1.165, 1.54) is 0 Å². The number of carboxylic acids is 1. The van der Waals surface area contributed by atoms with Gasteiger partial charge in [-0.05, 0) is 26.8 Å². The van der Waals surface area contributed by atoms with Crippen LogP contribution in [0.25, 0.3) is 0 Å². The highest BCUT2D eigenvalue weighted by Crippen LogP contribution is 2.02. The standard InChI is InChI=1S/C10H14N2O2/c1-7(10(13)14)4-5-12-9(3)6-8(2)11-12/h4,6H,5H2,1-3H3,(H,13,14). The molecule has 0 fully saturated rings. The van der Waals surface area contributed by atoms with Gasteiger partial charge in [0.25, 0.3) is 0 Å². The van der Waals surface area contributed by atoms with Crippen molar-refractivity contribution in [3.05, 3.63) is 29.1 Å². The highest BCUT2D eigenvalue weighted by Gasteiger charge is 2.01. The lowest BCUT2D eigenvalue weighted by molar-refractivity contribution is -0.132. The minimum absolute atomic E-state index is 0.345. The van der Waals surface area contributed by atoms with Crippen LogP contribution in [0.2, 0.25) is 0 Å². The molecule has 14 heavy (non-hydrogen) atoms. The zero-order valence-electron chi connectivity index (χ0n) is 8.61. The lowest BCUT2D eigenvalue weighted by Gasteiger charge is -1.99. The van der Waals surface area contributed by atoms with E-state index in [1.807, 2.05) is 19.9 Å². The van der Waals surface area contributed by atoms with E-state index in [2.05, 4.69) is 5.10 Å². The Bertz CT molecular complexity index is 377. The van der Waals surface area contributed by atoms with Crippen molar-refractivity contribution in [1.29, 1.82) is 0 Å². The maximum atomic E-state index is 10.5. The molecule has 1 aromatic rings. The van der Waals surface area contributed by atoms with Crippen LogP contribution in [0, 0.1) is 13.8 Å². The van der Waals surface area contributed by atoms with Crippen molar-refractivity contribution in [2.24, 2.45) is 0 Å². The lowest BCUT2D eigenvalue weighted by atomic mass is 10.3. The monoisotopic (exact) mass is 194 g/mol. The molecule has 4 nitrogen and oxygen atoms in total. The zero-order chi connectivity index (χ0) is 10.7. The fourth-order valence-corrected chi connectivity index (χ4v) is 1.17. The molecule has 1 aromatic heterocycles. The third-order valence-electron chi connectivity index (χ3n) is 2.01. The highest BCUT2D eigenvalue weighted by atomic mass is 16.4. The smallest absolute Gasteiger partial charge is 0.331 e. The Kier molecular flexibility index (Phi) is 3.06. The second-order valence-corrected chi connectivity index (χ2v) is 3.30. The van der Waals surface area contributed by atoms with Crippen molar-refractivity contribution < 1.29 is 9.90 Å². The Morgan fingerprint density at radius 2 is 2.29 bits per heavy atom. The molecule has 76 valence electrons. The maximum Gasteiger partial charge on any atom is 0.331 e. The topological polar surface area (TPSA) is 55.1 Å². The Labute approximate surface area is 82.9 Å². The van der Waals surface area contributed by atoms with Crippen LogP contribution >= 0.6 is 0 Å². The number of hydrogen-bond donors (Lipinski definition) is 1. The third kappa shape index (κ3) is 2.45. The molecule has 0 amide bonds. The number of carbonyl (C=O) groups is 1. The van der Waals surface area contributed by atoms with Gasteiger partial charge >= 0.3 is 5.97 Å². The molecule has 0 atom stereocenters. The van der Waals surface area contributed by atoms with E-state index in [0.717, 1.165) is 11.4 Å². The van der Waals surface area contributed by atoms with E-state index in [4.69, 9.17) is 5.11 Å². The van der Waals surface area contributed by atoms with E-state index in [1.54, 1.807) is 17.7 Å². The van der Waals surface area contributed by atoms with Crippen molar-refractivity contribution in [2.45, 2.75) is 27.3 Å². The first-order chi connectivity index (χ1) is 6.50. The summed E-state index contributed by atoms with van der Waals surface area (Å²) in [6, 6.07) is 1.96. The summed E-state index contributed by atoms with van der Waals surface area (Å²) in [5, 5.41) is 12.9. The first-order valence-corrected chi connectivity index (χ1v) is 4.42. The van der Waals surface area contributed by atoms with Gasteiger partial charge < -0.3 is 5.11 Å².